The zero-order valence-electron chi connectivity index (χ0n) is 8.26. The Morgan fingerprint density at radius 3 is 2.35 bits per heavy atom. The molecule has 5 nitrogen and oxygen atoms in total. The van der Waals surface area contributed by atoms with Gasteiger partial charge in [-0.15, -0.1) is 0 Å². The molecule has 1 aromatic carbocycles. The Kier molecular flexibility index (Phi) is 2.51. The monoisotopic (exact) mass is 240 g/mol. The standard InChI is InChI=1S/C10H6F2N2O3/c11-5-2-1-3-6(12)9(5)14-4-7(15)8(13-14)10(16)17/h1-4,15H,(H,16,17). The van der Waals surface area contributed by atoms with Crippen molar-refractivity contribution in [2.24, 2.45) is 0 Å². The minimum atomic E-state index is -1.49. The molecule has 88 valence electrons. The Labute approximate surface area is 93.5 Å². The molecule has 0 aliphatic heterocycles. The van der Waals surface area contributed by atoms with Gasteiger partial charge in [-0.1, -0.05) is 6.07 Å². The third-order valence-electron chi connectivity index (χ3n) is 2.06. The van der Waals surface area contributed by atoms with Crippen molar-refractivity contribution in [2.45, 2.75) is 0 Å². The van der Waals surface area contributed by atoms with Gasteiger partial charge >= 0.3 is 5.97 Å². The molecule has 0 radical (unpaired) electrons. The molecule has 2 aromatic rings. The van der Waals surface area contributed by atoms with E-state index in [0.29, 0.717) is 4.68 Å². The Morgan fingerprint density at radius 1 is 1.29 bits per heavy atom. The molecule has 0 saturated heterocycles. The third-order valence-corrected chi connectivity index (χ3v) is 2.06. The lowest BCUT2D eigenvalue weighted by atomic mass is 10.3. The van der Waals surface area contributed by atoms with Crippen LogP contribution >= 0.6 is 0 Å². The molecule has 2 rings (SSSR count). The number of carbonyl (C=O) groups is 1. The quantitative estimate of drug-likeness (QED) is 0.835. The summed E-state index contributed by atoms with van der Waals surface area (Å²) in [5, 5.41) is 21.3. The summed E-state index contributed by atoms with van der Waals surface area (Å²) in [4.78, 5) is 10.6. The second kappa shape index (κ2) is 3.85. The van der Waals surface area contributed by atoms with Crippen molar-refractivity contribution in [3.05, 3.63) is 41.7 Å². The number of hydrogen-bond donors (Lipinski definition) is 2. The van der Waals surface area contributed by atoms with Gasteiger partial charge in [-0.3, -0.25) is 0 Å². The molecule has 2 N–H and O–H groups in total. The molecule has 1 heterocycles. The minimum Gasteiger partial charge on any atom is -0.504 e. The number of hydrogen-bond acceptors (Lipinski definition) is 3. The SMILES string of the molecule is O=C(O)c1nn(-c2c(F)cccc2F)cc1O. The van der Waals surface area contributed by atoms with Crippen molar-refractivity contribution in [1.82, 2.24) is 9.78 Å². The number of halogens is 2. The molecule has 17 heavy (non-hydrogen) atoms. The first-order valence-corrected chi connectivity index (χ1v) is 4.47. The maximum Gasteiger partial charge on any atom is 0.360 e. The maximum absolute atomic E-state index is 13.3. The predicted molar refractivity (Wildman–Crippen MR) is 52.1 cm³/mol. The second-order valence-corrected chi connectivity index (χ2v) is 3.18. The fourth-order valence-electron chi connectivity index (χ4n) is 1.34. The van der Waals surface area contributed by atoms with Gasteiger partial charge < -0.3 is 10.2 Å². The zero-order valence-corrected chi connectivity index (χ0v) is 8.26. The van der Waals surface area contributed by atoms with E-state index in [0.717, 1.165) is 24.4 Å². The molecule has 0 aliphatic carbocycles. The summed E-state index contributed by atoms with van der Waals surface area (Å²) in [5.74, 6) is -3.98. The molecule has 0 spiro atoms. The highest BCUT2D eigenvalue weighted by atomic mass is 19.1. The average Bonchev–Trinajstić information content (AvgIpc) is 2.60. The third kappa shape index (κ3) is 1.82. The van der Waals surface area contributed by atoms with Gasteiger partial charge in [0, 0.05) is 0 Å². The van der Waals surface area contributed by atoms with Crippen molar-refractivity contribution < 1.29 is 23.8 Å². The summed E-state index contributed by atoms with van der Waals surface area (Å²) in [6.45, 7) is 0. The van der Waals surface area contributed by atoms with Crippen LogP contribution in [-0.2, 0) is 0 Å². The number of aromatic nitrogens is 2. The van der Waals surface area contributed by atoms with E-state index in [9.17, 15) is 18.7 Å². The Bertz CT molecular complexity index is 575. The average molecular weight is 240 g/mol. The lowest BCUT2D eigenvalue weighted by molar-refractivity contribution is 0.0687. The molecule has 0 saturated carbocycles. The molecular formula is C10H6F2N2O3. The number of aromatic carboxylic acids is 1. The molecule has 0 atom stereocenters. The van der Waals surface area contributed by atoms with Crippen molar-refractivity contribution >= 4 is 5.97 Å². The minimum absolute atomic E-state index is 0.546. The molecule has 0 bridgehead atoms. The lowest BCUT2D eigenvalue weighted by Crippen LogP contribution is -2.04. The van der Waals surface area contributed by atoms with Crippen LogP contribution in [0.15, 0.2) is 24.4 Å². The highest BCUT2D eigenvalue weighted by molar-refractivity contribution is 5.88. The molecular weight excluding hydrogens is 234 g/mol. The van der Waals surface area contributed by atoms with E-state index in [4.69, 9.17) is 5.11 Å². The number of carboxylic acids is 1. The summed E-state index contributed by atoms with van der Waals surface area (Å²) in [5.41, 5.74) is -1.22. The van der Waals surface area contributed by atoms with Crippen LogP contribution in [0.3, 0.4) is 0 Å². The van der Waals surface area contributed by atoms with E-state index in [-0.39, 0.29) is 0 Å². The van der Waals surface area contributed by atoms with E-state index in [1.807, 2.05) is 0 Å². The van der Waals surface area contributed by atoms with Gasteiger partial charge in [-0.25, -0.2) is 18.3 Å². The van der Waals surface area contributed by atoms with Crippen molar-refractivity contribution in [2.75, 3.05) is 0 Å². The van der Waals surface area contributed by atoms with Gasteiger partial charge in [0.1, 0.15) is 5.69 Å². The normalized spacial score (nSPS) is 10.5. The van der Waals surface area contributed by atoms with Crippen LogP contribution in [0.5, 0.6) is 5.75 Å². The summed E-state index contributed by atoms with van der Waals surface area (Å²) in [6, 6.07) is 3.16. The number of aromatic hydroxyl groups is 1. The van der Waals surface area contributed by atoms with Gasteiger partial charge in [0.2, 0.25) is 5.69 Å². The highest BCUT2D eigenvalue weighted by Gasteiger charge is 2.19. The topological polar surface area (TPSA) is 75.3 Å². The van der Waals surface area contributed by atoms with Crippen LogP contribution in [0, 0.1) is 11.6 Å². The van der Waals surface area contributed by atoms with E-state index < -0.39 is 34.7 Å². The summed E-state index contributed by atoms with van der Waals surface area (Å²) >= 11 is 0. The van der Waals surface area contributed by atoms with Crippen molar-refractivity contribution in [3.63, 3.8) is 0 Å². The van der Waals surface area contributed by atoms with E-state index in [1.54, 1.807) is 0 Å². The molecule has 1 aromatic heterocycles. The Balaban J connectivity index is 2.62. The van der Waals surface area contributed by atoms with Gasteiger partial charge in [-0.2, -0.15) is 5.10 Å². The number of rotatable bonds is 2. The molecule has 0 amide bonds. The van der Waals surface area contributed by atoms with Gasteiger partial charge in [0.15, 0.2) is 17.4 Å². The van der Waals surface area contributed by atoms with Crippen LogP contribution in [0.25, 0.3) is 5.69 Å². The smallest absolute Gasteiger partial charge is 0.360 e. The van der Waals surface area contributed by atoms with Crippen molar-refractivity contribution in [3.8, 4) is 11.4 Å². The molecule has 0 aliphatic rings. The summed E-state index contributed by atoms with van der Waals surface area (Å²) < 4.78 is 27.3. The summed E-state index contributed by atoms with van der Waals surface area (Å²) in [7, 11) is 0. The highest BCUT2D eigenvalue weighted by Crippen LogP contribution is 2.21. The molecule has 7 heteroatoms. The zero-order chi connectivity index (χ0) is 12.6. The van der Waals surface area contributed by atoms with Crippen molar-refractivity contribution in [1.29, 1.82) is 0 Å². The van der Waals surface area contributed by atoms with Crippen LogP contribution in [0.4, 0.5) is 8.78 Å². The number of para-hydroxylation sites is 1. The van der Waals surface area contributed by atoms with Crippen LogP contribution < -0.4 is 0 Å². The first-order chi connectivity index (χ1) is 8.00. The van der Waals surface area contributed by atoms with Crippen LogP contribution in [0.2, 0.25) is 0 Å². The Hall–Kier alpha value is -2.44. The largest absolute Gasteiger partial charge is 0.504 e. The summed E-state index contributed by atoms with van der Waals surface area (Å²) in [6.07, 6.45) is 0.824. The maximum atomic E-state index is 13.3. The fourth-order valence-corrected chi connectivity index (χ4v) is 1.34. The van der Waals surface area contributed by atoms with Crippen LogP contribution in [-0.4, -0.2) is 26.0 Å². The van der Waals surface area contributed by atoms with Gasteiger partial charge in [0.05, 0.1) is 6.20 Å². The first kappa shape index (κ1) is 11.1. The number of benzene rings is 1. The molecule has 0 fully saturated rings. The predicted octanol–water partition coefficient (Wildman–Crippen LogP) is 1.55. The first-order valence-electron chi connectivity index (χ1n) is 4.47. The van der Waals surface area contributed by atoms with Gasteiger partial charge in [0.25, 0.3) is 0 Å². The number of carboxylic acid groups (broad SMARTS) is 1. The second-order valence-electron chi connectivity index (χ2n) is 3.18. The van der Waals surface area contributed by atoms with Crippen LogP contribution in [0.1, 0.15) is 10.5 Å². The van der Waals surface area contributed by atoms with E-state index >= 15 is 0 Å². The lowest BCUT2D eigenvalue weighted by Gasteiger charge is -2.03. The van der Waals surface area contributed by atoms with Gasteiger partial charge in [-0.05, 0) is 12.1 Å². The Morgan fingerprint density at radius 2 is 1.88 bits per heavy atom. The fraction of sp³-hybridized carbons (Fsp3) is 0. The van der Waals surface area contributed by atoms with E-state index in [1.165, 1.54) is 0 Å². The number of nitrogens with zero attached hydrogens (tertiary/aromatic N) is 2. The van der Waals surface area contributed by atoms with E-state index in [2.05, 4.69) is 5.10 Å². The molecule has 0 unspecified atom stereocenters.